The average Bonchev–Trinajstić information content (AvgIpc) is 3.24. The van der Waals surface area contributed by atoms with Gasteiger partial charge in [-0.05, 0) is 43.0 Å². The summed E-state index contributed by atoms with van der Waals surface area (Å²) >= 11 is 0. The summed E-state index contributed by atoms with van der Waals surface area (Å²) in [5.41, 5.74) is 7.95. The molecule has 31 heavy (non-hydrogen) atoms. The molecule has 2 aliphatic rings. The molecule has 3 heterocycles. The number of aliphatic hydroxyl groups excluding tert-OH is 1. The molecule has 0 spiro atoms. The van der Waals surface area contributed by atoms with Crippen molar-refractivity contribution in [3.63, 3.8) is 0 Å². The SMILES string of the molecule is C[C@H](O)c1nccn1Cc1cc(-c2ccc(C#C[C@H]3[C@H]4CN(C(N)=O)C[C@@H]34)cc2)on1. The Balaban J connectivity index is 1.22. The van der Waals surface area contributed by atoms with Crippen molar-refractivity contribution in [1.29, 1.82) is 0 Å². The highest BCUT2D eigenvalue weighted by Gasteiger charge is 2.55. The molecular formula is C23H23N5O3. The van der Waals surface area contributed by atoms with Crippen molar-refractivity contribution in [3.05, 3.63) is 59.8 Å². The van der Waals surface area contributed by atoms with Gasteiger partial charge < -0.3 is 24.8 Å². The normalized spacial score (nSPS) is 22.5. The van der Waals surface area contributed by atoms with Crippen LogP contribution < -0.4 is 5.73 Å². The molecule has 2 fully saturated rings. The number of hydrogen-bond donors (Lipinski definition) is 2. The molecular weight excluding hydrogens is 394 g/mol. The molecule has 1 saturated heterocycles. The Bertz CT molecular complexity index is 1160. The fourth-order valence-electron chi connectivity index (χ4n) is 4.32. The maximum atomic E-state index is 11.2. The van der Waals surface area contributed by atoms with Crippen LogP contribution in [-0.2, 0) is 6.54 Å². The summed E-state index contributed by atoms with van der Waals surface area (Å²) in [6.45, 7) is 3.61. The van der Waals surface area contributed by atoms with Crippen molar-refractivity contribution in [3.8, 4) is 23.2 Å². The van der Waals surface area contributed by atoms with Gasteiger partial charge in [0.05, 0.1) is 6.54 Å². The number of piperidine rings is 1. The maximum absolute atomic E-state index is 11.2. The summed E-state index contributed by atoms with van der Waals surface area (Å²) in [7, 11) is 0. The minimum atomic E-state index is -0.646. The van der Waals surface area contributed by atoms with E-state index >= 15 is 0 Å². The molecule has 8 nitrogen and oxygen atoms in total. The molecule has 3 N–H and O–H groups in total. The summed E-state index contributed by atoms with van der Waals surface area (Å²) in [6.07, 6.45) is 2.82. The van der Waals surface area contributed by atoms with Gasteiger partial charge in [0.1, 0.15) is 17.6 Å². The highest BCUT2D eigenvalue weighted by molar-refractivity contribution is 5.72. The molecule has 1 aliphatic heterocycles. The Hall–Kier alpha value is -3.57. The van der Waals surface area contributed by atoms with Gasteiger partial charge >= 0.3 is 6.03 Å². The smallest absolute Gasteiger partial charge is 0.314 e. The van der Waals surface area contributed by atoms with Crippen molar-refractivity contribution < 1.29 is 14.4 Å². The largest absolute Gasteiger partial charge is 0.385 e. The van der Waals surface area contributed by atoms with E-state index in [1.54, 1.807) is 18.0 Å². The molecule has 1 saturated carbocycles. The fraction of sp³-hybridized carbons (Fsp3) is 0.348. The first kappa shape index (κ1) is 19.4. The van der Waals surface area contributed by atoms with Crippen LogP contribution in [0.4, 0.5) is 4.79 Å². The van der Waals surface area contributed by atoms with Crippen LogP contribution in [0.5, 0.6) is 0 Å². The van der Waals surface area contributed by atoms with E-state index in [9.17, 15) is 9.90 Å². The van der Waals surface area contributed by atoms with Gasteiger partial charge in [0.15, 0.2) is 5.76 Å². The first-order valence-corrected chi connectivity index (χ1v) is 10.3. The predicted octanol–water partition coefficient (Wildman–Crippen LogP) is 2.25. The summed E-state index contributed by atoms with van der Waals surface area (Å²) in [5.74, 6) is 9.16. The van der Waals surface area contributed by atoms with Crippen molar-refractivity contribution in [2.75, 3.05) is 13.1 Å². The van der Waals surface area contributed by atoms with E-state index in [0.717, 1.165) is 29.9 Å². The molecule has 0 unspecified atom stereocenters. The minimum Gasteiger partial charge on any atom is -0.385 e. The van der Waals surface area contributed by atoms with E-state index in [-0.39, 0.29) is 6.03 Å². The lowest BCUT2D eigenvalue weighted by Gasteiger charge is -2.15. The second kappa shape index (κ2) is 7.60. The Morgan fingerprint density at radius 3 is 2.74 bits per heavy atom. The number of carbonyl (C=O) groups excluding carboxylic acids is 1. The van der Waals surface area contributed by atoms with Crippen LogP contribution in [0.15, 0.2) is 47.2 Å². The zero-order valence-electron chi connectivity index (χ0n) is 17.1. The molecule has 1 aliphatic carbocycles. The number of benzene rings is 1. The molecule has 8 heteroatoms. The molecule has 3 aromatic rings. The average molecular weight is 417 g/mol. The molecule has 2 amide bonds. The zero-order valence-corrected chi connectivity index (χ0v) is 17.1. The van der Waals surface area contributed by atoms with E-state index in [4.69, 9.17) is 10.3 Å². The first-order chi connectivity index (χ1) is 15.0. The van der Waals surface area contributed by atoms with Crippen molar-refractivity contribution in [1.82, 2.24) is 19.6 Å². The van der Waals surface area contributed by atoms with Crippen LogP contribution in [0.3, 0.4) is 0 Å². The third-order valence-corrected chi connectivity index (χ3v) is 6.07. The fourth-order valence-corrected chi connectivity index (χ4v) is 4.32. The molecule has 5 rings (SSSR count). The topological polar surface area (TPSA) is 110 Å². The highest BCUT2D eigenvalue weighted by Crippen LogP contribution is 2.51. The Labute approximate surface area is 179 Å². The number of aliphatic hydroxyl groups is 1. The summed E-state index contributed by atoms with van der Waals surface area (Å²) in [6, 6.07) is 9.44. The summed E-state index contributed by atoms with van der Waals surface area (Å²) in [5, 5.41) is 13.9. The van der Waals surface area contributed by atoms with E-state index in [2.05, 4.69) is 22.0 Å². The van der Waals surface area contributed by atoms with Crippen LogP contribution in [0.1, 0.15) is 30.1 Å². The molecule has 0 bridgehead atoms. The lowest BCUT2D eigenvalue weighted by atomic mass is 10.1. The number of hydrogen-bond acceptors (Lipinski definition) is 5. The number of amides is 2. The number of urea groups is 1. The van der Waals surface area contributed by atoms with Crippen LogP contribution in [0.25, 0.3) is 11.3 Å². The van der Waals surface area contributed by atoms with E-state index in [1.165, 1.54) is 0 Å². The van der Waals surface area contributed by atoms with E-state index < -0.39 is 6.10 Å². The number of nitrogens with zero attached hydrogens (tertiary/aromatic N) is 4. The Morgan fingerprint density at radius 1 is 1.32 bits per heavy atom. The van der Waals surface area contributed by atoms with Gasteiger partial charge in [0, 0.05) is 48.6 Å². The van der Waals surface area contributed by atoms with Gasteiger partial charge in [-0.3, -0.25) is 0 Å². The number of fused-ring (bicyclic) bond motifs is 1. The van der Waals surface area contributed by atoms with Gasteiger partial charge in [0.2, 0.25) is 0 Å². The number of likely N-dealkylation sites (tertiary alicyclic amines) is 1. The molecule has 158 valence electrons. The standard InChI is InChI=1S/C23H23N5O3/c1-14(29)22-25-8-9-27(22)11-17-10-21(31-26-17)16-5-2-15(3-6-16)4-7-18-19-12-28(23(24)30)13-20(18)19/h2-3,5-6,8-10,14,18-20,29H,11-13H2,1H3,(H2,24,30)/t14-,18-,19+,20-/m0/s1. The number of nitrogens with two attached hydrogens (primary N) is 1. The second-order valence-electron chi connectivity index (χ2n) is 8.22. The lowest BCUT2D eigenvalue weighted by molar-refractivity contribution is 0.184. The lowest BCUT2D eigenvalue weighted by Crippen LogP contribution is -2.35. The monoisotopic (exact) mass is 417 g/mol. The number of imidazole rings is 1. The Kier molecular flexibility index (Phi) is 4.75. The predicted molar refractivity (Wildman–Crippen MR) is 112 cm³/mol. The van der Waals surface area contributed by atoms with Crippen LogP contribution in [-0.4, -0.2) is 43.8 Å². The summed E-state index contributed by atoms with van der Waals surface area (Å²) in [4.78, 5) is 17.1. The van der Waals surface area contributed by atoms with E-state index in [1.807, 2.05) is 41.1 Å². The molecule has 0 radical (unpaired) electrons. The van der Waals surface area contributed by atoms with Gasteiger partial charge in [-0.1, -0.05) is 17.0 Å². The quantitative estimate of drug-likeness (QED) is 0.633. The van der Waals surface area contributed by atoms with Gasteiger partial charge in [0.25, 0.3) is 0 Å². The van der Waals surface area contributed by atoms with Crippen molar-refractivity contribution >= 4 is 6.03 Å². The zero-order chi connectivity index (χ0) is 21.5. The van der Waals surface area contributed by atoms with Crippen LogP contribution in [0.2, 0.25) is 0 Å². The van der Waals surface area contributed by atoms with Gasteiger partial charge in [-0.25, -0.2) is 9.78 Å². The number of carbonyl (C=O) groups is 1. The molecule has 4 atom stereocenters. The van der Waals surface area contributed by atoms with Crippen molar-refractivity contribution in [2.45, 2.75) is 19.6 Å². The Morgan fingerprint density at radius 2 is 2.06 bits per heavy atom. The maximum Gasteiger partial charge on any atom is 0.314 e. The summed E-state index contributed by atoms with van der Waals surface area (Å²) < 4.78 is 7.35. The number of primary amides is 1. The third kappa shape index (κ3) is 3.80. The second-order valence-corrected chi connectivity index (χ2v) is 8.22. The van der Waals surface area contributed by atoms with Crippen molar-refractivity contribution in [2.24, 2.45) is 23.5 Å². The first-order valence-electron chi connectivity index (χ1n) is 10.3. The third-order valence-electron chi connectivity index (χ3n) is 6.07. The minimum absolute atomic E-state index is 0.335. The van der Waals surface area contributed by atoms with Crippen LogP contribution in [0, 0.1) is 29.6 Å². The van der Waals surface area contributed by atoms with Crippen LogP contribution >= 0.6 is 0 Å². The van der Waals surface area contributed by atoms with Gasteiger partial charge in [-0.15, -0.1) is 0 Å². The molecule has 2 aromatic heterocycles. The van der Waals surface area contributed by atoms with Gasteiger partial charge in [-0.2, -0.15) is 0 Å². The molecule has 1 aromatic carbocycles. The number of aromatic nitrogens is 3. The number of rotatable bonds is 4. The van der Waals surface area contributed by atoms with E-state index in [0.29, 0.717) is 35.9 Å². The highest BCUT2D eigenvalue weighted by atomic mass is 16.5.